The molecular weight excluding hydrogens is 158 g/mol. The monoisotopic (exact) mass is 179 g/mol. The maximum atomic E-state index is 3.70. The quantitative estimate of drug-likeness (QED) is 0.685. The first kappa shape index (κ1) is 9.11. The van der Waals surface area contributed by atoms with E-state index in [9.17, 15) is 0 Å². The molecule has 1 nitrogen and oxygen atoms in total. The third-order valence-corrected chi connectivity index (χ3v) is 3.51. The van der Waals surface area contributed by atoms with E-state index < -0.39 is 0 Å². The molecule has 0 saturated heterocycles. The van der Waals surface area contributed by atoms with Crippen molar-refractivity contribution in [1.82, 2.24) is 5.32 Å². The van der Waals surface area contributed by atoms with E-state index in [1.165, 1.54) is 57.1 Å². The Morgan fingerprint density at radius 2 is 1.77 bits per heavy atom. The van der Waals surface area contributed by atoms with Gasteiger partial charge in [0, 0.05) is 11.7 Å². The van der Waals surface area contributed by atoms with Gasteiger partial charge >= 0.3 is 0 Å². The van der Waals surface area contributed by atoms with Crippen LogP contribution in [0.25, 0.3) is 0 Å². The molecule has 0 radical (unpaired) electrons. The Kier molecular flexibility index (Phi) is 2.92. The molecule has 1 heteroatoms. The number of hydrogen-bond donors (Lipinski definition) is 1. The van der Waals surface area contributed by atoms with Crippen molar-refractivity contribution in [2.75, 3.05) is 0 Å². The summed E-state index contributed by atoms with van der Waals surface area (Å²) in [7, 11) is 0. The van der Waals surface area contributed by atoms with Crippen LogP contribution in [0.5, 0.6) is 0 Å². The molecular formula is C12H21N. The number of hydrogen-bond acceptors (Lipinski definition) is 1. The Hall–Kier alpha value is -0.460. The highest BCUT2D eigenvalue weighted by Gasteiger charge is 2.16. The van der Waals surface area contributed by atoms with Gasteiger partial charge in [-0.25, -0.2) is 0 Å². The first-order chi connectivity index (χ1) is 6.36. The highest BCUT2D eigenvalue weighted by atomic mass is 14.9. The predicted molar refractivity (Wildman–Crippen MR) is 56.6 cm³/mol. The SMILES string of the molecule is CC(NC1CCCCC1)=C1CCC1. The molecule has 0 aromatic rings. The van der Waals surface area contributed by atoms with Gasteiger partial charge in [-0.3, -0.25) is 0 Å². The Bertz CT molecular complexity index is 193. The van der Waals surface area contributed by atoms with E-state index in [1.54, 1.807) is 5.57 Å². The Balaban J connectivity index is 1.82. The number of nitrogens with one attached hydrogen (secondary N) is 1. The molecule has 0 unspecified atom stereocenters. The van der Waals surface area contributed by atoms with Crippen LogP contribution in [0.15, 0.2) is 11.3 Å². The molecule has 13 heavy (non-hydrogen) atoms. The van der Waals surface area contributed by atoms with Crippen molar-refractivity contribution >= 4 is 0 Å². The second-order valence-electron chi connectivity index (χ2n) is 4.56. The van der Waals surface area contributed by atoms with E-state index >= 15 is 0 Å². The van der Waals surface area contributed by atoms with Crippen LogP contribution in [0.1, 0.15) is 58.3 Å². The molecule has 2 rings (SSSR count). The molecule has 74 valence electrons. The van der Waals surface area contributed by atoms with Crippen molar-refractivity contribution in [1.29, 1.82) is 0 Å². The van der Waals surface area contributed by atoms with Crippen LogP contribution in [-0.2, 0) is 0 Å². The Morgan fingerprint density at radius 3 is 2.31 bits per heavy atom. The lowest BCUT2D eigenvalue weighted by atomic mass is 9.89. The summed E-state index contributed by atoms with van der Waals surface area (Å²) in [5, 5.41) is 3.70. The zero-order valence-corrected chi connectivity index (χ0v) is 8.73. The van der Waals surface area contributed by atoms with Crippen molar-refractivity contribution in [3.8, 4) is 0 Å². The van der Waals surface area contributed by atoms with Crippen molar-refractivity contribution in [2.45, 2.75) is 64.3 Å². The fourth-order valence-corrected chi connectivity index (χ4v) is 2.38. The van der Waals surface area contributed by atoms with Crippen LogP contribution in [0.3, 0.4) is 0 Å². The summed E-state index contributed by atoms with van der Waals surface area (Å²) in [4.78, 5) is 0. The van der Waals surface area contributed by atoms with Crippen molar-refractivity contribution in [2.24, 2.45) is 0 Å². The summed E-state index contributed by atoms with van der Waals surface area (Å²) in [6.07, 6.45) is 11.2. The number of rotatable bonds is 2. The summed E-state index contributed by atoms with van der Waals surface area (Å²) in [6.45, 7) is 2.27. The van der Waals surface area contributed by atoms with E-state index in [0.717, 1.165) is 6.04 Å². The molecule has 0 atom stereocenters. The van der Waals surface area contributed by atoms with Crippen LogP contribution < -0.4 is 5.32 Å². The second kappa shape index (κ2) is 4.17. The standard InChI is InChI=1S/C12H21N/c1-10(11-6-5-7-11)13-12-8-3-2-4-9-12/h12-13H,2-9H2,1H3. The molecule has 0 aromatic carbocycles. The lowest BCUT2D eigenvalue weighted by Crippen LogP contribution is -2.30. The second-order valence-corrected chi connectivity index (χ2v) is 4.56. The van der Waals surface area contributed by atoms with Gasteiger partial charge in [0.25, 0.3) is 0 Å². The van der Waals surface area contributed by atoms with Crippen molar-refractivity contribution in [3.05, 3.63) is 11.3 Å². The van der Waals surface area contributed by atoms with Gasteiger partial charge in [-0.15, -0.1) is 0 Å². The zero-order chi connectivity index (χ0) is 9.10. The van der Waals surface area contributed by atoms with Gasteiger partial charge < -0.3 is 5.32 Å². The molecule has 2 aliphatic rings. The minimum atomic E-state index is 0.793. The van der Waals surface area contributed by atoms with E-state index in [-0.39, 0.29) is 0 Å². The molecule has 2 aliphatic carbocycles. The average molecular weight is 179 g/mol. The fourth-order valence-electron chi connectivity index (χ4n) is 2.38. The summed E-state index contributed by atoms with van der Waals surface area (Å²) in [6, 6.07) is 0.793. The van der Waals surface area contributed by atoms with Crippen LogP contribution >= 0.6 is 0 Å². The summed E-state index contributed by atoms with van der Waals surface area (Å²) in [5.74, 6) is 0. The molecule has 0 aromatic heterocycles. The smallest absolute Gasteiger partial charge is 0.0258 e. The van der Waals surface area contributed by atoms with Crippen LogP contribution in [0.2, 0.25) is 0 Å². The average Bonchev–Trinajstić information content (AvgIpc) is 2.02. The highest BCUT2D eigenvalue weighted by molar-refractivity contribution is 5.16. The molecule has 0 spiro atoms. The first-order valence-corrected chi connectivity index (χ1v) is 5.81. The van der Waals surface area contributed by atoms with Gasteiger partial charge in [0.2, 0.25) is 0 Å². The maximum Gasteiger partial charge on any atom is 0.0258 e. The molecule has 0 amide bonds. The molecule has 0 aliphatic heterocycles. The lowest BCUT2D eigenvalue weighted by molar-refractivity contribution is 0.393. The van der Waals surface area contributed by atoms with Gasteiger partial charge in [0.15, 0.2) is 0 Å². The third kappa shape index (κ3) is 2.26. The Labute approximate surface area is 81.6 Å². The molecule has 0 bridgehead atoms. The predicted octanol–water partition coefficient (Wildman–Crippen LogP) is 3.37. The lowest BCUT2D eigenvalue weighted by Gasteiger charge is -2.28. The molecule has 0 heterocycles. The minimum Gasteiger partial charge on any atom is -0.386 e. The van der Waals surface area contributed by atoms with Gasteiger partial charge in [-0.05, 0) is 39.0 Å². The van der Waals surface area contributed by atoms with Crippen LogP contribution in [-0.4, -0.2) is 6.04 Å². The summed E-state index contributed by atoms with van der Waals surface area (Å²) < 4.78 is 0. The van der Waals surface area contributed by atoms with Gasteiger partial charge in [-0.2, -0.15) is 0 Å². The number of allylic oxidation sites excluding steroid dienone is 2. The van der Waals surface area contributed by atoms with Crippen molar-refractivity contribution in [3.63, 3.8) is 0 Å². The fraction of sp³-hybridized carbons (Fsp3) is 0.833. The molecule has 1 N–H and O–H groups in total. The summed E-state index contributed by atoms with van der Waals surface area (Å²) in [5.41, 5.74) is 3.18. The van der Waals surface area contributed by atoms with Crippen LogP contribution in [0.4, 0.5) is 0 Å². The largest absolute Gasteiger partial charge is 0.386 e. The van der Waals surface area contributed by atoms with E-state index in [2.05, 4.69) is 12.2 Å². The van der Waals surface area contributed by atoms with E-state index in [1.807, 2.05) is 0 Å². The maximum absolute atomic E-state index is 3.70. The molecule has 2 saturated carbocycles. The third-order valence-electron chi connectivity index (χ3n) is 3.51. The Morgan fingerprint density at radius 1 is 1.08 bits per heavy atom. The molecule has 2 fully saturated rings. The highest BCUT2D eigenvalue weighted by Crippen LogP contribution is 2.28. The van der Waals surface area contributed by atoms with Crippen LogP contribution in [0, 0.1) is 0 Å². The topological polar surface area (TPSA) is 12.0 Å². The van der Waals surface area contributed by atoms with Gasteiger partial charge in [0.05, 0.1) is 0 Å². The van der Waals surface area contributed by atoms with E-state index in [0.29, 0.717) is 0 Å². The van der Waals surface area contributed by atoms with E-state index in [4.69, 9.17) is 0 Å². The zero-order valence-electron chi connectivity index (χ0n) is 8.73. The first-order valence-electron chi connectivity index (χ1n) is 5.81. The van der Waals surface area contributed by atoms with Gasteiger partial charge in [0.1, 0.15) is 0 Å². The summed E-state index contributed by atoms with van der Waals surface area (Å²) >= 11 is 0. The normalized spacial score (nSPS) is 23.9. The van der Waals surface area contributed by atoms with Gasteiger partial charge in [-0.1, -0.05) is 24.8 Å². The van der Waals surface area contributed by atoms with Crippen molar-refractivity contribution < 1.29 is 0 Å². The minimum absolute atomic E-state index is 0.793.